The summed E-state index contributed by atoms with van der Waals surface area (Å²) in [5, 5.41) is 6.05. The van der Waals surface area contributed by atoms with Crippen molar-refractivity contribution in [3.63, 3.8) is 0 Å². The van der Waals surface area contributed by atoms with Gasteiger partial charge in [0.15, 0.2) is 0 Å². The van der Waals surface area contributed by atoms with Gasteiger partial charge in [-0.05, 0) is 24.6 Å². The minimum absolute atomic E-state index is 0.184. The van der Waals surface area contributed by atoms with E-state index < -0.39 is 0 Å². The maximum absolute atomic E-state index is 12.1. The van der Waals surface area contributed by atoms with Crippen molar-refractivity contribution in [3.05, 3.63) is 59.4 Å². The highest BCUT2D eigenvalue weighted by Crippen LogP contribution is 2.08. The van der Waals surface area contributed by atoms with Crippen LogP contribution in [0.4, 0.5) is 5.69 Å². The van der Waals surface area contributed by atoms with Gasteiger partial charge in [-0.2, -0.15) is 0 Å². The summed E-state index contributed by atoms with van der Waals surface area (Å²) in [6.45, 7) is 3.82. The Kier molecular flexibility index (Phi) is 5.91. The minimum Gasteiger partial charge on any atom is -0.383 e. The summed E-state index contributed by atoms with van der Waals surface area (Å²) >= 11 is 0. The van der Waals surface area contributed by atoms with Crippen molar-refractivity contribution in [2.45, 2.75) is 13.5 Å². The van der Waals surface area contributed by atoms with E-state index in [4.69, 9.17) is 4.74 Å². The first-order chi connectivity index (χ1) is 10.7. The molecule has 22 heavy (non-hydrogen) atoms. The summed E-state index contributed by atoms with van der Waals surface area (Å²) in [4.78, 5) is 16.3. The fraction of sp³-hybridized carbons (Fsp3) is 0.294. The van der Waals surface area contributed by atoms with Crippen LogP contribution in [0.5, 0.6) is 0 Å². The molecule has 1 amide bonds. The zero-order chi connectivity index (χ0) is 15.8. The summed E-state index contributed by atoms with van der Waals surface area (Å²) in [7, 11) is 1.65. The van der Waals surface area contributed by atoms with Gasteiger partial charge < -0.3 is 15.4 Å². The van der Waals surface area contributed by atoms with Crippen molar-refractivity contribution in [1.29, 1.82) is 0 Å². The first-order valence-corrected chi connectivity index (χ1v) is 7.21. The lowest BCUT2D eigenvalue weighted by atomic mass is 10.1. The zero-order valence-corrected chi connectivity index (χ0v) is 12.9. The Hall–Kier alpha value is -2.40. The van der Waals surface area contributed by atoms with E-state index in [0.29, 0.717) is 25.4 Å². The number of ether oxygens (including phenoxy) is 1. The average molecular weight is 299 g/mol. The molecule has 0 saturated heterocycles. The summed E-state index contributed by atoms with van der Waals surface area (Å²) < 4.78 is 4.98. The van der Waals surface area contributed by atoms with Gasteiger partial charge in [0, 0.05) is 32.1 Å². The maximum atomic E-state index is 12.1. The van der Waals surface area contributed by atoms with Crippen molar-refractivity contribution >= 4 is 11.6 Å². The number of aryl methyl sites for hydroxylation is 1. The lowest BCUT2D eigenvalue weighted by Crippen LogP contribution is -2.24. The van der Waals surface area contributed by atoms with E-state index in [9.17, 15) is 4.79 Å². The van der Waals surface area contributed by atoms with Gasteiger partial charge in [-0.15, -0.1) is 0 Å². The number of nitrogens with zero attached hydrogens (tertiary/aromatic N) is 1. The number of rotatable bonds is 7. The van der Waals surface area contributed by atoms with Crippen molar-refractivity contribution in [1.82, 2.24) is 10.3 Å². The predicted molar refractivity (Wildman–Crippen MR) is 87.0 cm³/mol. The van der Waals surface area contributed by atoms with Gasteiger partial charge in [0.25, 0.3) is 5.91 Å². The molecule has 0 aliphatic rings. The van der Waals surface area contributed by atoms with E-state index in [1.54, 1.807) is 19.4 Å². The van der Waals surface area contributed by atoms with Crippen LogP contribution in [0.15, 0.2) is 42.6 Å². The van der Waals surface area contributed by atoms with Gasteiger partial charge in [0.2, 0.25) is 0 Å². The second kappa shape index (κ2) is 8.14. The van der Waals surface area contributed by atoms with Gasteiger partial charge in [-0.1, -0.05) is 29.8 Å². The molecule has 0 saturated carbocycles. The topological polar surface area (TPSA) is 63.2 Å². The number of anilines is 1. The summed E-state index contributed by atoms with van der Waals surface area (Å²) in [5.41, 5.74) is 3.52. The van der Waals surface area contributed by atoms with Crippen LogP contribution >= 0.6 is 0 Å². The summed E-state index contributed by atoms with van der Waals surface area (Å²) in [5.74, 6) is -0.184. The average Bonchev–Trinajstić information content (AvgIpc) is 2.54. The van der Waals surface area contributed by atoms with Crippen LogP contribution in [0, 0.1) is 6.92 Å². The molecule has 0 aliphatic carbocycles. The van der Waals surface area contributed by atoms with Crippen LogP contribution in [-0.4, -0.2) is 31.2 Å². The third-order valence-electron chi connectivity index (χ3n) is 3.20. The van der Waals surface area contributed by atoms with Crippen molar-refractivity contribution in [3.8, 4) is 0 Å². The number of pyridine rings is 1. The quantitative estimate of drug-likeness (QED) is 0.771. The molecule has 5 nitrogen and oxygen atoms in total. The Morgan fingerprint density at radius 1 is 1.23 bits per heavy atom. The number of aromatic nitrogens is 1. The molecule has 0 atom stereocenters. The molecule has 1 aromatic heterocycles. The van der Waals surface area contributed by atoms with Gasteiger partial charge in [0.1, 0.15) is 5.69 Å². The van der Waals surface area contributed by atoms with Gasteiger partial charge in [-0.25, -0.2) is 0 Å². The largest absolute Gasteiger partial charge is 0.383 e. The number of carbonyl (C=O) groups is 1. The molecular weight excluding hydrogens is 278 g/mol. The molecule has 0 fully saturated rings. The molecule has 0 unspecified atom stereocenters. The van der Waals surface area contributed by atoms with Gasteiger partial charge >= 0.3 is 0 Å². The van der Waals surface area contributed by atoms with Crippen molar-refractivity contribution in [2.24, 2.45) is 0 Å². The number of benzene rings is 1. The Morgan fingerprint density at radius 2 is 2.00 bits per heavy atom. The van der Waals surface area contributed by atoms with E-state index in [-0.39, 0.29) is 5.91 Å². The normalized spacial score (nSPS) is 10.3. The summed E-state index contributed by atoms with van der Waals surface area (Å²) in [6.07, 6.45) is 1.62. The number of nitrogens with one attached hydrogen (secondary N) is 2. The van der Waals surface area contributed by atoms with Crippen molar-refractivity contribution < 1.29 is 9.53 Å². The monoisotopic (exact) mass is 299 g/mol. The fourth-order valence-electron chi connectivity index (χ4n) is 1.94. The van der Waals surface area contributed by atoms with Crippen LogP contribution in [0.25, 0.3) is 0 Å². The summed E-state index contributed by atoms with van der Waals surface area (Å²) in [6, 6.07) is 11.6. The zero-order valence-electron chi connectivity index (χ0n) is 12.9. The van der Waals surface area contributed by atoms with Gasteiger partial charge in [-0.3, -0.25) is 9.78 Å². The number of hydrogen-bond donors (Lipinski definition) is 2. The van der Waals surface area contributed by atoms with E-state index in [0.717, 1.165) is 11.3 Å². The number of amides is 1. The third-order valence-corrected chi connectivity index (χ3v) is 3.20. The molecule has 0 bridgehead atoms. The molecular formula is C17H21N3O2. The highest BCUT2D eigenvalue weighted by atomic mass is 16.5. The lowest BCUT2D eigenvalue weighted by Gasteiger charge is -2.08. The number of methoxy groups -OCH3 is 1. The molecule has 0 radical (unpaired) electrons. The Labute approximate surface area is 130 Å². The van der Waals surface area contributed by atoms with E-state index >= 15 is 0 Å². The number of carbonyl (C=O) groups excluding carboxylic acids is 1. The Morgan fingerprint density at radius 3 is 2.73 bits per heavy atom. The van der Waals surface area contributed by atoms with Crippen LogP contribution in [-0.2, 0) is 11.3 Å². The first-order valence-electron chi connectivity index (χ1n) is 7.21. The number of hydrogen-bond acceptors (Lipinski definition) is 4. The van der Waals surface area contributed by atoms with E-state index in [1.165, 1.54) is 5.56 Å². The van der Waals surface area contributed by atoms with Crippen LogP contribution < -0.4 is 10.6 Å². The molecule has 5 heteroatoms. The second-order valence-electron chi connectivity index (χ2n) is 5.02. The fourth-order valence-corrected chi connectivity index (χ4v) is 1.94. The first kappa shape index (κ1) is 16.0. The highest BCUT2D eigenvalue weighted by Gasteiger charge is 2.07. The van der Waals surface area contributed by atoms with Crippen LogP contribution in [0.1, 0.15) is 21.6 Å². The molecule has 2 rings (SSSR count). The highest BCUT2D eigenvalue weighted by molar-refractivity contribution is 5.93. The molecule has 116 valence electrons. The maximum Gasteiger partial charge on any atom is 0.270 e. The smallest absolute Gasteiger partial charge is 0.270 e. The Bertz CT molecular complexity index is 612. The van der Waals surface area contributed by atoms with Crippen LogP contribution in [0.2, 0.25) is 0 Å². The third kappa shape index (κ3) is 4.86. The van der Waals surface area contributed by atoms with Crippen molar-refractivity contribution in [2.75, 3.05) is 25.6 Å². The molecule has 1 heterocycles. The second-order valence-corrected chi connectivity index (χ2v) is 5.02. The lowest BCUT2D eigenvalue weighted by molar-refractivity contribution is 0.0946. The molecule has 0 aliphatic heterocycles. The standard InChI is InChI=1S/C17H21N3O2/c1-13-3-5-14(6-4-13)12-20-17(21)16-11-15(7-8-19-16)18-9-10-22-2/h3-8,11H,9-10,12H2,1-2H3,(H,18,19)(H,20,21). The van der Waals surface area contributed by atoms with E-state index in [2.05, 4.69) is 15.6 Å². The Balaban J connectivity index is 1.91. The van der Waals surface area contributed by atoms with Gasteiger partial charge in [0.05, 0.1) is 6.61 Å². The molecule has 2 N–H and O–H groups in total. The van der Waals surface area contributed by atoms with E-state index in [1.807, 2.05) is 37.3 Å². The van der Waals surface area contributed by atoms with Crippen LogP contribution in [0.3, 0.4) is 0 Å². The minimum atomic E-state index is -0.184. The predicted octanol–water partition coefficient (Wildman–Crippen LogP) is 2.38. The molecule has 0 spiro atoms. The molecule has 2 aromatic rings. The SMILES string of the molecule is COCCNc1ccnc(C(=O)NCc2ccc(C)cc2)c1. The molecule has 1 aromatic carbocycles.